The van der Waals surface area contributed by atoms with Gasteiger partial charge in [0, 0.05) is 27.8 Å². The van der Waals surface area contributed by atoms with E-state index in [0.29, 0.717) is 5.92 Å². The standard InChI is InChI=1S/C38H36N2.C13H14/c1-7-10-11-16-27-21-28-22-29(19-20-30(28)25(27)4)40-35-18-13-12-17-31(35)32-23-34-33(24-36(32)40)38(5,6)37(39-34)26(14-8-2)15-9-3;1-4-7-12(5-2)13-9-6-8-11(3)10-13/h7-25H,2H2,1,3-6H3;4-10H,1-2H2,3H3/b10-7-,15-9-,16-11-,26-14+;12-7+. The van der Waals surface area contributed by atoms with Gasteiger partial charge in [0.05, 0.1) is 22.4 Å². The van der Waals surface area contributed by atoms with Gasteiger partial charge < -0.3 is 4.57 Å². The summed E-state index contributed by atoms with van der Waals surface area (Å²) in [6, 6.07) is 28.7. The normalized spacial score (nSPS) is 16.5. The van der Waals surface area contributed by atoms with Crippen LogP contribution in [-0.4, -0.2) is 10.3 Å². The van der Waals surface area contributed by atoms with Gasteiger partial charge in [-0.3, -0.25) is 4.99 Å². The highest BCUT2D eigenvalue weighted by Gasteiger charge is 2.37. The molecule has 0 amide bonds. The molecule has 1 unspecified atom stereocenters. The summed E-state index contributed by atoms with van der Waals surface area (Å²) in [6.07, 6.45) is 24.5. The van der Waals surface area contributed by atoms with Gasteiger partial charge >= 0.3 is 0 Å². The minimum absolute atomic E-state index is 0.233. The highest BCUT2D eigenvalue weighted by molar-refractivity contribution is 6.17. The van der Waals surface area contributed by atoms with Crippen molar-refractivity contribution in [3.05, 3.63) is 204 Å². The first-order chi connectivity index (χ1) is 25.7. The second kappa shape index (κ2) is 15.7. The van der Waals surface area contributed by atoms with Crippen LogP contribution in [0.1, 0.15) is 68.4 Å². The second-order valence-electron chi connectivity index (χ2n) is 14.2. The maximum atomic E-state index is 5.20. The van der Waals surface area contributed by atoms with Crippen molar-refractivity contribution in [1.82, 2.24) is 4.57 Å². The van der Waals surface area contributed by atoms with Gasteiger partial charge in [-0.2, -0.15) is 0 Å². The van der Waals surface area contributed by atoms with Crippen molar-refractivity contribution in [3.8, 4) is 5.69 Å². The number of rotatable bonds is 9. The molecule has 1 aliphatic heterocycles. The molecule has 0 saturated carbocycles. The molecule has 2 heteroatoms. The number of aliphatic imine (C=N–C) groups is 1. The number of aryl methyl sites for hydroxylation is 1. The Morgan fingerprint density at radius 2 is 1.57 bits per heavy atom. The van der Waals surface area contributed by atoms with Crippen molar-refractivity contribution in [3.63, 3.8) is 0 Å². The monoisotopic (exact) mass is 690 g/mol. The van der Waals surface area contributed by atoms with E-state index in [2.05, 4.69) is 173 Å². The topological polar surface area (TPSA) is 17.3 Å². The van der Waals surface area contributed by atoms with E-state index in [1.54, 1.807) is 6.08 Å². The lowest BCUT2D eigenvalue weighted by molar-refractivity contribution is 0.738. The van der Waals surface area contributed by atoms with Crippen LogP contribution in [0.15, 0.2) is 182 Å². The molecule has 0 radical (unpaired) electrons. The molecule has 0 bridgehead atoms. The van der Waals surface area contributed by atoms with E-state index in [1.165, 1.54) is 60.9 Å². The van der Waals surface area contributed by atoms with Gasteiger partial charge in [-0.25, -0.2) is 0 Å². The van der Waals surface area contributed by atoms with Crippen LogP contribution in [0.5, 0.6) is 0 Å². The van der Waals surface area contributed by atoms with Gasteiger partial charge in [-0.1, -0.05) is 168 Å². The fraction of sp³-hybridized carbons (Fsp3) is 0.157. The molecule has 1 aromatic heterocycles. The van der Waals surface area contributed by atoms with Crippen LogP contribution in [0.25, 0.3) is 39.1 Å². The first-order valence-corrected chi connectivity index (χ1v) is 18.5. The zero-order valence-electron chi connectivity index (χ0n) is 32.0. The van der Waals surface area contributed by atoms with Gasteiger partial charge in [0.1, 0.15) is 0 Å². The van der Waals surface area contributed by atoms with Crippen LogP contribution < -0.4 is 0 Å². The van der Waals surface area contributed by atoms with Crippen LogP contribution in [0, 0.1) is 6.92 Å². The van der Waals surface area contributed by atoms with E-state index in [1.807, 2.05) is 38.1 Å². The average molecular weight is 691 g/mol. The lowest BCUT2D eigenvalue weighted by atomic mass is 9.78. The summed E-state index contributed by atoms with van der Waals surface area (Å²) in [7, 11) is 0. The first-order valence-electron chi connectivity index (χ1n) is 18.5. The van der Waals surface area contributed by atoms with Crippen LogP contribution >= 0.6 is 0 Å². The molecule has 0 spiro atoms. The molecule has 0 saturated heterocycles. The Morgan fingerprint density at radius 1 is 0.792 bits per heavy atom. The number of nitrogens with zero attached hydrogens (tertiary/aromatic N) is 2. The molecule has 1 aliphatic carbocycles. The molecule has 4 aromatic carbocycles. The summed E-state index contributed by atoms with van der Waals surface area (Å²) in [5.74, 6) is 0.387. The van der Waals surface area contributed by atoms with Gasteiger partial charge in [-0.05, 0) is 90.1 Å². The maximum Gasteiger partial charge on any atom is 0.0682 e. The number of para-hydroxylation sites is 1. The molecule has 2 aliphatic rings. The quantitative estimate of drug-likeness (QED) is 0.137. The van der Waals surface area contributed by atoms with E-state index in [4.69, 9.17) is 4.99 Å². The predicted molar refractivity (Wildman–Crippen MR) is 234 cm³/mol. The number of benzene rings is 4. The van der Waals surface area contributed by atoms with E-state index < -0.39 is 0 Å². The van der Waals surface area contributed by atoms with Crippen molar-refractivity contribution < 1.29 is 0 Å². The molecule has 7 rings (SSSR count). The molecule has 5 aromatic rings. The molecule has 2 heterocycles. The molecular formula is C51H50N2. The van der Waals surface area contributed by atoms with Crippen LogP contribution in [-0.2, 0) is 5.41 Å². The Bertz CT molecular complexity index is 2460. The number of aromatic nitrogens is 1. The Morgan fingerprint density at radius 3 is 2.28 bits per heavy atom. The van der Waals surface area contributed by atoms with Gasteiger partial charge in [0.15, 0.2) is 0 Å². The lowest BCUT2D eigenvalue weighted by Crippen LogP contribution is -2.26. The number of fused-ring (bicyclic) bond motifs is 5. The molecule has 2 nitrogen and oxygen atoms in total. The zero-order valence-corrected chi connectivity index (χ0v) is 32.0. The summed E-state index contributed by atoms with van der Waals surface area (Å²) >= 11 is 0. The van der Waals surface area contributed by atoms with Crippen LogP contribution in [0.4, 0.5) is 5.69 Å². The highest BCUT2D eigenvalue weighted by Crippen LogP contribution is 2.47. The van der Waals surface area contributed by atoms with Crippen LogP contribution in [0.3, 0.4) is 0 Å². The number of hydrogen-bond acceptors (Lipinski definition) is 1. The van der Waals surface area contributed by atoms with E-state index in [9.17, 15) is 0 Å². The van der Waals surface area contributed by atoms with E-state index in [-0.39, 0.29) is 5.41 Å². The molecule has 0 N–H and O–H groups in total. The summed E-state index contributed by atoms with van der Waals surface area (Å²) in [5, 5.41) is 2.48. The lowest BCUT2D eigenvalue weighted by Gasteiger charge is -2.23. The fourth-order valence-electron chi connectivity index (χ4n) is 7.62. The summed E-state index contributed by atoms with van der Waals surface area (Å²) < 4.78 is 2.43. The number of allylic oxidation sites excluding steroid dienone is 14. The first kappa shape index (κ1) is 36.8. The molecule has 1 atom stereocenters. The molecule has 53 heavy (non-hydrogen) atoms. The average Bonchev–Trinajstić information content (AvgIpc) is 3.74. The molecule has 0 fully saturated rings. The zero-order chi connectivity index (χ0) is 37.7. The maximum absolute atomic E-state index is 5.20. The second-order valence-corrected chi connectivity index (χ2v) is 14.2. The highest BCUT2D eigenvalue weighted by atomic mass is 15.0. The van der Waals surface area contributed by atoms with Crippen molar-refractivity contribution >= 4 is 44.9 Å². The largest absolute Gasteiger partial charge is 0.309 e. The van der Waals surface area contributed by atoms with Gasteiger partial charge in [0.2, 0.25) is 0 Å². The van der Waals surface area contributed by atoms with Crippen molar-refractivity contribution in [2.45, 2.75) is 52.9 Å². The Balaban J connectivity index is 0.000000314. The van der Waals surface area contributed by atoms with E-state index in [0.717, 1.165) is 22.5 Å². The minimum Gasteiger partial charge on any atom is -0.309 e. The van der Waals surface area contributed by atoms with Crippen LogP contribution in [0.2, 0.25) is 0 Å². The molecule has 264 valence electrons. The van der Waals surface area contributed by atoms with Gasteiger partial charge in [0.25, 0.3) is 0 Å². The predicted octanol–water partition coefficient (Wildman–Crippen LogP) is 14.2. The third kappa shape index (κ3) is 7.10. The Kier molecular flexibility index (Phi) is 10.9. The van der Waals surface area contributed by atoms with E-state index >= 15 is 0 Å². The Hall–Kier alpha value is -5.99. The Labute approximate surface area is 316 Å². The smallest absolute Gasteiger partial charge is 0.0682 e. The summed E-state index contributed by atoms with van der Waals surface area (Å²) in [6.45, 7) is 24.4. The third-order valence-corrected chi connectivity index (χ3v) is 10.3. The van der Waals surface area contributed by atoms with Crippen molar-refractivity contribution in [1.29, 1.82) is 0 Å². The van der Waals surface area contributed by atoms with Crippen molar-refractivity contribution in [2.75, 3.05) is 0 Å². The minimum atomic E-state index is -0.233. The molecular weight excluding hydrogens is 641 g/mol. The fourth-order valence-corrected chi connectivity index (χ4v) is 7.62. The summed E-state index contributed by atoms with van der Waals surface area (Å²) in [4.78, 5) is 5.20. The SMILES string of the molecule is C=C/C=C(\C=C)c1cccc(C)c1.C=C/C=C(\C=C/C)C1=Nc2cc3c4ccccc4n(-c4ccc5c(c4)C=C(/C=C\C=C/C)C5C)c3cc2C1(C)C. The number of hydrogen-bond donors (Lipinski definition) is 0. The third-order valence-electron chi connectivity index (χ3n) is 10.3. The van der Waals surface area contributed by atoms with Crippen molar-refractivity contribution in [2.24, 2.45) is 4.99 Å². The summed E-state index contributed by atoms with van der Waals surface area (Å²) in [5.41, 5.74) is 15.5. The van der Waals surface area contributed by atoms with Gasteiger partial charge in [-0.15, -0.1) is 0 Å².